The van der Waals surface area contributed by atoms with Crippen molar-refractivity contribution < 1.29 is 4.74 Å². The van der Waals surface area contributed by atoms with Crippen molar-refractivity contribution in [2.75, 3.05) is 12.5 Å². The number of ether oxygens (including phenoxy) is 1. The van der Waals surface area contributed by atoms with Crippen molar-refractivity contribution in [3.8, 4) is 0 Å². The van der Waals surface area contributed by atoms with E-state index >= 15 is 0 Å². The summed E-state index contributed by atoms with van der Waals surface area (Å²) in [5.74, 6) is 0.771. The maximum atomic E-state index is 5.35. The van der Waals surface area contributed by atoms with Gasteiger partial charge in [-0.1, -0.05) is 46.7 Å². The van der Waals surface area contributed by atoms with Crippen LogP contribution in [0.15, 0.2) is 35.2 Å². The Morgan fingerprint density at radius 2 is 2.00 bits per heavy atom. The molecule has 0 radical (unpaired) electrons. The fraction of sp³-hybridized carbons (Fsp3) is 0.400. The quantitative estimate of drug-likeness (QED) is 0.405. The van der Waals surface area contributed by atoms with Gasteiger partial charge in [0.1, 0.15) is 5.94 Å². The highest BCUT2D eigenvalue weighted by Crippen LogP contribution is 2.30. The Morgan fingerprint density at radius 1 is 1.23 bits per heavy atom. The van der Waals surface area contributed by atoms with Crippen LogP contribution in [-0.4, -0.2) is 12.5 Å². The molecule has 0 saturated carbocycles. The summed E-state index contributed by atoms with van der Waals surface area (Å²) >= 11 is 0. The van der Waals surface area contributed by atoms with Crippen LogP contribution in [0, 0.1) is 0 Å². The molecule has 1 nitrogen and oxygen atoms in total. The third-order valence-electron chi connectivity index (χ3n) is 1.38. The first kappa shape index (κ1) is 11.0. The Hall–Kier alpha value is -0.120. The van der Waals surface area contributed by atoms with Crippen molar-refractivity contribution in [2.45, 2.75) is 18.2 Å². The van der Waals surface area contributed by atoms with E-state index in [4.69, 9.17) is 4.74 Å². The minimum absolute atomic E-state index is 0.771. The van der Waals surface area contributed by atoms with E-state index in [2.05, 4.69) is 31.2 Å². The summed E-state index contributed by atoms with van der Waals surface area (Å²) in [5.41, 5.74) is 0. The molecule has 0 amide bonds. The van der Waals surface area contributed by atoms with Crippen LogP contribution in [0.25, 0.3) is 0 Å². The molecule has 13 heavy (non-hydrogen) atoms. The highest BCUT2D eigenvalue weighted by atomic mass is 33.1. The molecule has 0 fully saturated rings. The first-order valence-electron chi connectivity index (χ1n) is 4.35. The lowest BCUT2D eigenvalue weighted by atomic mass is 10.4. The van der Waals surface area contributed by atoms with Crippen LogP contribution < -0.4 is 0 Å². The van der Waals surface area contributed by atoms with Gasteiger partial charge in [0.2, 0.25) is 0 Å². The highest BCUT2D eigenvalue weighted by Gasteiger charge is 1.92. The molecule has 1 aromatic rings. The molecule has 0 bridgehead atoms. The van der Waals surface area contributed by atoms with Crippen molar-refractivity contribution in [1.82, 2.24) is 0 Å². The van der Waals surface area contributed by atoms with Gasteiger partial charge in [0.05, 0.1) is 0 Å². The molecule has 0 unspecified atom stereocenters. The molecule has 0 aliphatic carbocycles. The van der Waals surface area contributed by atoms with Gasteiger partial charge < -0.3 is 4.74 Å². The van der Waals surface area contributed by atoms with E-state index < -0.39 is 0 Å². The molecule has 0 aliphatic heterocycles. The number of hydrogen-bond donors (Lipinski definition) is 0. The van der Waals surface area contributed by atoms with Crippen LogP contribution in [0.4, 0.5) is 0 Å². The molecule has 1 aromatic carbocycles. The van der Waals surface area contributed by atoms with E-state index in [9.17, 15) is 0 Å². The monoisotopic (exact) mass is 214 g/mol. The van der Waals surface area contributed by atoms with Crippen molar-refractivity contribution >= 4 is 21.6 Å². The summed E-state index contributed by atoms with van der Waals surface area (Å²) in [5, 5.41) is 0. The third-order valence-corrected chi connectivity index (χ3v) is 3.44. The second-order valence-corrected chi connectivity index (χ2v) is 4.86. The van der Waals surface area contributed by atoms with E-state index in [-0.39, 0.29) is 0 Å². The van der Waals surface area contributed by atoms with Crippen molar-refractivity contribution in [3.05, 3.63) is 30.3 Å². The Labute approximate surface area is 87.7 Å². The van der Waals surface area contributed by atoms with Gasteiger partial charge in [0.15, 0.2) is 0 Å². The Kier molecular flexibility index (Phi) is 6.15. The number of benzene rings is 1. The maximum absolute atomic E-state index is 5.35. The zero-order chi connectivity index (χ0) is 9.36. The predicted octanol–water partition coefficient (Wildman–Crippen LogP) is 3.81. The highest BCUT2D eigenvalue weighted by molar-refractivity contribution is 8.76. The van der Waals surface area contributed by atoms with E-state index in [0.29, 0.717) is 0 Å². The molecule has 0 heterocycles. The van der Waals surface area contributed by atoms with Crippen molar-refractivity contribution in [3.63, 3.8) is 0 Å². The Morgan fingerprint density at radius 3 is 2.69 bits per heavy atom. The first-order valence-corrected chi connectivity index (χ1v) is 6.67. The molecule has 72 valence electrons. The summed E-state index contributed by atoms with van der Waals surface area (Å²) in [7, 11) is 3.50. The molecule has 0 saturated heterocycles. The van der Waals surface area contributed by atoms with Gasteiger partial charge in [-0.3, -0.25) is 0 Å². The largest absolute Gasteiger partial charge is 0.370 e. The minimum Gasteiger partial charge on any atom is -0.370 e. The Bertz CT molecular complexity index is 213. The van der Waals surface area contributed by atoms with Gasteiger partial charge in [0.25, 0.3) is 0 Å². The van der Waals surface area contributed by atoms with Crippen molar-refractivity contribution in [1.29, 1.82) is 0 Å². The lowest BCUT2D eigenvalue weighted by Crippen LogP contribution is -1.89. The van der Waals surface area contributed by atoms with E-state index in [0.717, 1.165) is 19.0 Å². The molecule has 0 aromatic heterocycles. The van der Waals surface area contributed by atoms with Crippen LogP contribution in [0.5, 0.6) is 0 Å². The number of hydrogen-bond acceptors (Lipinski definition) is 3. The van der Waals surface area contributed by atoms with E-state index in [1.165, 1.54) is 4.90 Å². The van der Waals surface area contributed by atoms with E-state index in [1.807, 2.05) is 6.07 Å². The maximum Gasteiger partial charge on any atom is 0.102 e. The van der Waals surface area contributed by atoms with Crippen LogP contribution in [0.3, 0.4) is 0 Å². The van der Waals surface area contributed by atoms with Gasteiger partial charge in [-0.05, 0) is 18.6 Å². The third kappa shape index (κ3) is 5.24. The molecule has 0 N–H and O–H groups in total. The van der Waals surface area contributed by atoms with Gasteiger partial charge in [0, 0.05) is 11.5 Å². The lowest BCUT2D eigenvalue weighted by molar-refractivity contribution is 0.184. The average Bonchev–Trinajstić information content (AvgIpc) is 2.19. The fourth-order valence-electron chi connectivity index (χ4n) is 0.805. The van der Waals surface area contributed by atoms with Gasteiger partial charge in [-0.2, -0.15) is 0 Å². The standard InChI is InChI=1S/C10H14OS2/c1-2-8-11-9-12-13-10-6-4-3-5-7-10/h3-7H,2,8-9H2,1H3. The van der Waals surface area contributed by atoms with Crippen LogP contribution in [-0.2, 0) is 4.74 Å². The molecule has 0 aliphatic rings. The average molecular weight is 214 g/mol. The number of rotatable bonds is 6. The van der Waals surface area contributed by atoms with Crippen LogP contribution in [0.1, 0.15) is 13.3 Å². The summed E-state index contributed by atoms with van der Waals surface area (Å²) in [6.45, 7) is 2.98. The topological polar surface area (TPSA) is 9.23 Å². The summed E-state index contributed by atoms with van der Waals surface area (Å²) in [4.78, 5) is 1.28. The van der Waals surface area contributed by atoms with Crippen molar-refractivity contribution in [2.24, 2.45) is 0 Å². The van der Waals surface area contributed by atoms with Crippen LogP contribution >= 0.6 is 21.6 Å². The van der Waals surface area contributed by atoms with Gasteiger partial charge in [-0.25, -0.2) is 0 Å². The zero-order valence-corrected chi connectivity index (χ0v) is 9.37. The SMILES string of the molecule is CCCOCSSc1ccccc1. The molecule has 1 rings (SSSR count). The summed E-state index contributed by atoms with van der Waals surface area (Å²) < 4.78 is 5.35. The summed E-state index contributed by atoms with van der Waals surface area (Å²) in [6, 6.07) is 10.4. The fourth-order valence-corrected chi connectivity index (χ4v) is 2.53. The van der Waals surface area contributed by atoms with Gasteiger partial charge in [-0.15, -0.1) is 0 Å². The normalized spacial score (nSPS) is 10.2. The second kappa shape index (κ2) is 7.30. The lowest BCUT2D eigenvalue weighted by Gasteiger charge is -2.01. The predicted molar refractivity (Wildman–Crippen MR) is 61.0 cm³/mol. The minimum atomic E-state index is 0.771. The molecule has 0 spiro atoms. The first-order chi connectivity index (χ1) is 6.43. The molecular formula is C10H14OS2. The molecule has 0 atom stereocenters. The smallest absolute Gasteiger partial charge is 0.102 e. The molecule has 3 heteroatoms. The van der Waals surface area contributed by atoms with Gasteiger partial charge >= 0.3 is 0 Å². The van der Waals surface area contributed by atoms with Crippen LogP contribution in [0.2, 0.25) is 0 Å². The Balaban J connectivity index is 2.07. The zero-order valence-electron chi connectivity index (χ0n) is 7.73. The van der Waals surface area contributed by atoms with E-state index in [1.54, 1.807) is 21.6 Å². The molecular weight excluding hydrogens is 200 g/mol. The summed E-state index contributed by atoms with van der Waals surface area (Å²) in [6.07, 6.45) is 1.09. The second-order valence-electron chi connectivity index (χ2n) is 2.54.